The van der Waals surface area contributed by atoms with Crippen LogP contribution in [-0.4, -0.2) is 19.8 Å². The lowest BCUT2D eigenvalue weighted by molar-refractivity contribution is 0.0779. The van der Waals surface area contributed by atoms with E-state index in [1.807, 2.05) is 6.07 Å². The molecule has 1 aliphatic heterocycles. The number of halogens is 2. The summed E-state index contributed by atoms with van der Waals surface area (Å²) >= 11 is 7.45. The fourth-order valence-electron chi connectivity index (χ4n) is 1.26. The van der Waals surface area contributed by atoms with E-state index in [-0.39, 0.29) is 12.4 Å². The van der Waals surface area contributed by atoms with Gasteiger partial charge in [-0.3, -0.25) is 0 Å². The van der Waals surface area contributed by atoms with Gasteiger partial charge in [-0.25, -0.2) is 0 Å². The smallest absolute Gasteiger partial charge is 0.0931 e. The molecule has 0 unspecified atom stereocenters. The zero-order valence-electron chi connectivity index (χ0n) is 6.96. The second-order valence-corrected chi connectivity index (χ2v) is 4.47. The van der Waals surface area contributed by atoms with Crippen molar-refractivity contribution in [1.82, 2.24) is 5.32 Å². The first kappa shape index (κ1) is 11.3. The summed E-state index contributed by atoms with van der Waals surface area (Å²) in [6.45, 7) is 2.51. The number of rotatable bonds is 1. The Morgan fingerprint density at radius 1 is 1.54 bits per heavy atom. The maximum Gasteiger partial charge on any atom is 0.0931 e. The second kappa shape index (κ2) is 5.17. The van der Waals surface area contributed by atoms with Gasteiger partial charge in [0.2, 0.25) is 0 Å². The van der Waals surface area contributed by atoms with Crippen molar-refractivity contribution in [2.45, 2.75) is 6.04 Å². The van der Waals surface area contributed by atoms with Crippen molar-refractivity contribution >= 4 is 35.3 Å². The van der Waals surface area contributed by atoms with Crippen LogP contribution in [-0.2, 0) is 4.74 Å². The van der Waals surface area contributed by atoms with Crippen molar-refractivity contribution in [3.63, 3.8) is 0 Å². The number of thiophene rings is 1. The molecule has 0 aromatic carbocycles. The highest BCUT2D eigenvalue weighted by Gasteiger charge is 2.16. The Labute approximate surface area is 92.6 Å². The molecule has 0 radical (unpaired) electrons. The molecule has 1 aromatic heterocycles. The van der Waals surface area contributed by atoms with E-state index in [0.29, 0.717) is 6.04 Å². The predicted molar refractivity (Wildman–Crippen MR) is 58.1 cm³/mol. The van der Waals surface area contributed by atoms with Gasteiger partial charge >= 0.3 is 0 Å². The molecular weight excluding hydrogens is 229 g/mol. The van der Waals surface area contributed by atoms with Crippen LogP contribution in [0, 0.1) is 0 Å². The molecule has 2 nitrogen and oxygen atoms in total. The molecule has 0 amide bonds. The van der Waals surface area contributed by atoms with Crippen molar-refractivity contribution in [1.29, 1.82) is 0 Å². The Morgan fingerprint density at radius 2 is 2.38 bits per heavy atom. The molecule has 0 aliphatic carbocycles. The minimum atomic E-state index is 0. The lowest BCUT2D eigenvalue weighted by atomic mass is 10.2. The summed E-state index contributed by atoms with van der Waals surface area (Å²) in [4.78, 5) is 1.26. The van der Waals surface area contributed by atoms with E-state index in [1.54, 1.807) is 11.3 Å². The number of hydrogen-bond donors (Lipinski definition) is 1. The van der Waals surface area contributed by atoms with E-state index in [1.165, 1.54) is 4.88 Å². The zero-order chi connectivity index (χ0) is 8.39. The molecule has 1 saturated heterocycles. The van der Waals surface area contributed by atoms with Gasteiger partial charge < -0.3 is 10.1 Å². The van der Waals surface area contributed by atoms with E-state index >= 15 is 0 Å². The van der Waals surface area contributed by atoms with Gasteiger partial charge in [0, 0.05) is 11.4 Å². The third-order valence-electron chi connectivity index (χ3n) is 1.86. The van der Waals surface area contributed by atoms with E-state index in [9.17, 15) is 0 Å². The van der Waals surface area contributed by atoms with Gasteiger partial charge in [-0.15, -0.1) is 23.7 Å². The van der Waals surface area contributed by atoms with E-state index in [4.69, 9.17) is 16.3 Å². The van der Waals surface area contributed by atoms with Crippen LogP contribution < -0.4 is 5.32 Å². The van der Waals surface area contributed by atoms with Crippen LogP contribution in [0.4, 0.5) is 0 Å². The van der Waals surface area contributed by atoms with Crippen molar-refractivity contribution in [2.75, 3.05) is 19.8 Å². The maximum atomic E-state index is 5.83. The SMILES string of the molecule is Cl.Clc1ccc([C@H]2COCCN2)s1. The fourth-order valence-corrected chi connectivity index (χ4v) is 2.38. The van der Waals surface area contributed by atoms with E-state index in [0.717, 1.165) is 24.1 Å². The molecule has 0 bridgehead atoms. The van der Waals surface area contributed by atoms with Gasteiger partial charge in [0.05, 0.1) is 23.6 Å². The van der Waals surface area contributed by atoms with Crippen molar-refractivity contribution < 1.29 is 4.74 Å². The highest BCUT2D eigenvalue weighted by Crippen LogP contribution is 2.27. The predicted octanol–water partition coefficient (Wildman–Crippen LogP) is 2.48. The third kappa shape index (κ3) is 2.82. The Bertz CT molecular complexity index is 260. The largest absolute Gasteiger partial charge is 0.378 e. The van der Waals surface area contributed by atoms with Crippen LogP contribution in [0.3, 0.4) is 0 Å². The average molecular weight is 240 g/mol. The topological polar surface area (TPSA) is 21.3 Å². The van der Waals surface area contributed by atoms with Crippen molar-refractivity contribution in [3.05, 3.63) is 21.3 Å². The first-order valence-electron chi connectivity index (χ1n) is 3.92. The number of morpholine rings is 1. The Hall–Kier alpha value is 0.200. The van der Waals surface area contributed by atoms with Gasteiger partial charge in [0.1, 0.15) is 0 Å². The molecule has 1 N–H and O–H groups in total. The van der Waals surface area contributed by atoms with Crippen LogP contribution >= 0.6 is 35.3 Å². The third-order valence-corrected chi connectivity index (χ3v) is 3.20. The maximum absolute atomic E-state index is 5.83. The molecule has 2 heterocycles. The molecule has 2 rings (SSSR count). The van der Waals surface area contributed by atoms with Gasteiger partial charge in [-0.05, 0) is 12.1 Å². The summed E-state index contributed by atoms with van der Waals surface area (Å²) in [5.74, 6) is 0. The summed E-state index contributed by atoms with van der Waals surface area (Å²) in [5.41, 5.74) is 0. The lowest BCUT2D eigenvalue weighted by Crippen LogP contribution is -2.33. The first-order valence-corrected chi connectivity index (χ1v) is 5.12. The quantitative estimate of drug-likeness (QED) is 0.814. The average Bonchev–Trinajstić information content (AvgIpc) is 2.54. The van der Waals surface area contributed by atoms with Crippen LogP contribution in [0.25, 0.3) is 0 Å². The minimum Gasteiger partial charge on any atom is -0.378 e. The summed E-state index contributed by atoms with van der Waals surface area (Å²) in [6, 6.07) is 4.33. The zero-order valence-corrected chi connectivity index (χ0v) is 9.35. The molecule has 1 aliphatic rings. The van der Waals surface area contributed by atoms with E-state index < -0.39 is 0 Å². The van der Waals surface area contributed by atoms with Gasteiger partial charge in [-0.2, -0.15) is 0 Å². The Morgan fingerprint density at radius 3 is 2.92 bits per heavy atom. The molecule has 0 saturated carbocycles. The normalized spacial score (nSPS) is 22.4. The Balaban J connectivity index is 0.000000845. The first-order chi connectivity index (χ1) is 5.86. The Kier molecular flexibility index (Phi) is 4.49. The molecule has 1 fully saturated rings. The molecular formula is C8H11Cl2NOS. The van der Waals surface area contributed by atoms with Crippen LogP contribution in [0.15, 0.2) is 12.1 Å². The van der Waals surface area contributed by atoms with Gasteiger partial charge in [0.15, 0.2) is 0 Å². The van der Waals surface area contributed by atoms with E-state index in [2.05, 4.69) is 11.4 Å². The molecule has 0 spiro atoms. The van der Waals surface area contributed by atoms with Crippen LogP contribution in [0.5, 0.6) is 0 Å². The summed E-state index contributed by atoms with van der Waals surface area (Å²) < 4.78 is 6.19. The van der Waals surface area contributed by atoms with Crippen LogP contribution in [0.2, 0.25) is 4.34 Å². The minimum absolute atomic E-state index is 0. The van der Waals surface area contributed by atoms with Crippen molar-refractivity contribution in [3.8, 4) is 0 Å². The molecule has 74 valence electrons. The summed E-state index contributed by atoms with van der Waals surface area (Å²) in [7, 11) is 0. The van der Waals surface area contributed by atoms with Crippen LogP contribution in [0.1, 0.15) is 10.9 Å². The molecule has 5 heteroatoms. The van der Waals surface area contributed by atoms with Gasteiger partial charge in [-0.1, -0.05) is 11.6 Å². The fraction of sp³-hybridized carbons (Fsp3) is 0.500. The summed E-state index contributed by atoms with van der Waals surface area (Å²) in [5, 5.41) is 3.38. The van der Waals surface area contributed by atoms with Crippen molar-refractivity contribution in [2.24, 2.45) is 0 Å². The molecule has 1 atom stereocenters. The number of hydrogen-bond acceptors (Lipinski definition) is 3. The summed E-state index contributed by atoms with van der Waals surface area (Å²) in [6.07, 6.45) is 0. The number of ether oxygens (including phenoxy) is 1. The highest BCUT2D eigenvalue weighted by atomic mass is 35.5. The monoisotopic (exact) mass is 239 g/mol. The number of nitrogens with one attached hydrogen (secondary N) is 1. The standard InChI is InChI=1S/C8H10ClNOS.ClH/c9-8-2-1-7(12-8)6-5-11-4-3-10-6;/h1-2,6,10H,3-5H2;1H/t6-;/m1./s1. The molecule has 1 aromatic rings. The second-order valence-electron chi connectivity index (χ2n) is 2.72. The van der Waals surface area contributed by atoms with Gasteiger partial charge in [0.25, 0.3) is 0 Å². The highest BCUT2D eigenvalue weighted by molar-refractivity contribution is 7.16. The lowest BCUT2D eigenvalue weighted by Gasteiger charge is -2.22. The molecule has 13 heavy (non-hydrogen) atoms.